The maximum atomic E-state index is 5.92. The molecule has 1 aliphatic heterocycles. The van der Waals surface area contributed by atoms with Crippen LogP contribution in [0.1, 0.15) is 23.4 Å². The fraction of sp³-hybridized carbons (Fsp3) is 0.750. The second-order valence-electron chi connectivity index (χ2n) is 4.78. The molecular weight excluding hydrogens is 234 g/mol. The minimum atomic E-state index is 0.233. The zero-order valence-electron chi connectivity index (χ0n) is 10.4. The molecule has 0 aliphatic carbocycles. The summed E-state index contributed by atoms with van der Waals surface area (Å²) < 4.78 is 5.41. The van der Waals surface area contributed by atoms with Crippen molar-refractivity contribution in [2.75, 3.05) is 26.3 Å². The van der Waals surface area contributed by atoms with Gasteiger partial charge in [0.15, 0.2) is 0 Å². The average Bonchev–Trinajstić information content (AvgIpc) is 2.76. The molecule has 1 aromatic rings. The minimum Gasteiger partial charge on any atom is -0.381 e. The third kappa shape index (κ3) is 3.25. The molecule has 0 radical (unpaired) electrons. The summed E-state index contributed by atoms with van der Waals surface area (Å²) in [4.78, 5) is 5.58. The van der Waals surface area contributed by atoms with Crippen molar-refractivity contribution in [3.05, 3.63) is 16.1 Å². The number of nitrogens with two attached hydrogens (primary N) is 1. The topological polar surface area (TPSA) is 60.2 Å². The van der Waals surface area contributed by atoms with Crippen molar-refractivity contribution in [1.82, 2.24) is 10.3 Å². The van der Waals surface area contributed by atoms with Gasteiger partial charge in [-0.3, -0.25) is 0 Å². The molecule has 0 atom stereocenters. The van der Waals surface area contributed by atoms with Gasteiger partial charge < -0.3 is 15.8 Å². The Bertz CT molecular complexity index is 347. The number of hydrogen-bond acceptors (Lipinski definition) is 5. The van der Waals surface area contributed by atoms with Crippen LogP contribution in [0.4, 0.5) is 0 Å². The van der Waals surface area contributed by atoms with Gasteiger partial charge in [-0.1, -0.05) is 0 Å². The maximum Gasteiger partial charge on any atom is 0.0798 e. The van der Waals surface area contributed by atoms with Crippen LogP contribution >= 0.6 is 11.3 Å². The molecular formula is C12H21N3OS. The molecule has 3 N–H and O–H groups in total. The second-order valence-corrected chi connectivity index (χ2v) is 5.72. The Hall–Kier alpha value is -0.490. The smallest absolute Gasteiger partial charge is 0.0798 e. The molecule has 0 aromatic carbocycles. The summed E-state index contributed by atoms with van der Waals surface area (Å²) in [6.07, 6.45) is 2.14. The molecule has 96 valence electrons. The summed E-state index contributed by atoms with van der Waals surface area (Å²) in [5.41, 5.74) is 9.19. The van der Waals surface area contributed by atoms with Crippen LogP contribution in [0.3, 0.4) is 0 Å². The van der Waals surface area contributed by atoms with Crippen LogP contribution < -0.4 is 11.1 Å². The molecule has 0 bridgehead atoms. The van der Waals surface area contributed by atoms with E-state index < -0.39 is 0 Å². The number of aryl methyl sites for hydroxylation is 1. The third-order valence-electron chi connectivity index (χ3n) is 3.62. The van der Waals surface area contributed by atoms with E-state index in [1.165, 1.54) is 4.88 Å². The number of rotatable bonds is 5. The van der Waals surface area contributed by atoms with Crippen LogP contribution in [0.5, 0.6) is 0 Å². The van der Waals surface area contributed by atoms with Crippen LogP contribution in [0.25, 0.3) is 0 Å². The van der Waals surface area contributed by atoms with Crippen LogP contribution in [0, 0.1) is 12.3 Å². The summed E-state index contributed by atoms with van der Waals surface area (Å²) in [6, 6.07) is 0. The molecule has 1 aromatic heterocycles. The molecule has 1 saturated heterocycles. The van der Waals surface area contributed by atoms with Crippen molar-refractivity contribution in [2.45, 2.75) is 26.3 Å². The first-order chi connectivity index (χ1) is 8.26. The van der Waals surface area contributed by atoms with E-state index in [2.05, 4.69) is 17.2 Å². The molecule has 2 rings (SSSR count). The van der Waals surface area contributed by atoms with Gasteiger partial charge in [0.1, 0.15) is 0 Å². The van der Waals surface area contributed by atoms with Crippen molar-refractivity contribution in [3.8, 4) is 0 Å². The molecule has 2 heterocycles. The van der Waals surface area contributed by atoms with Crippen molar-refractivity contribution < 1.29 is 4.74 Å². The second kappa shape index (κ2) is 5.91. The molecule has 5 heteroatoms. The van der Waals surface area contributed by atoms with Gasteiger partial charge in [0.2, 0.25) is 0 Å². The van der Waals surface area contributed by atoms with Gasteiger partial charge in [-0.2, -0.15) is 0 Å². The SMILES string of the molecule is Cc1ncsc1CNCC1(CN)CCOCC1. The molecule has 17 heavy (non-hydrogen) atoms. The molecule has 0 unspecified atom stereocenters. The van der Waals surface area contributed by atoms with Crippen molar-refractivity contribution in [1.29, 1.82) is 0 Å². The van der Waals surface area contributed by atoms with E-state index in [0.717, 1.165) is 51.4 Å². The first-order valence-corrected chi connectivity index (χ1v) is 7.01. The molecule has 0 saturated carbocycles. The number of thiazole rings is 1. The van der Waals surface area contributed by atoms with E-state index in [-0.39, 0.29) is 5.41 Å². The Morgan fingerprint density at radius 3 is 2.88 bits per heavy atom. The first kappa shape index (κ1) is 13.0. The lowest BCUT2D eigenvalue weighted by Gasteiger charge is -2.36. The minimum absolute atomic E-state index is 0.233. The number of nitrogens with one attached hydrogen (secondary N) is 1. The number of ether oxygens (including phenoxy) is 1. The van der Waals surface area contributed by atoms with Crippen molar-refractivity contribution >= 4 is 11.3 Å². The van der Waals surface area contributed by atoms with Gasteiger partial charge >= 0.3 is 0 Å². The highest BCUT2D eigenvalue weighted by atomic mass is 32.1. The summed E-state index contributed by atoms with van der Waals surface area (Å²) >= 11 is 1.71. The Morgan fingerprint density at radius 2 is 2.29 bits per heavy atom. The van der Waals surface area contributed by atoms with E-state index >= 15 is 0 Å². The van der Waals surface area contributed by atoms with Crippen LogP contribution in [-0.2, 0) is 11.3 Å². The highest BCUT2D eigenvalue weighted by molar-refractivity contribution is 7.09. The predicted molar refractivity (Wildman–Crippen MR) is 70.1 cm³/mol. The largest absolute Gasteiger partial charge is 0.381 e. The Labute approximate surface area is 107 Å². The van der Waals surface area contributed by atoms with E-state index in [9.17, 15) is 0 Å². The van der Waals surface area contributed by atoms with Crippen molar-refractivity contribution in [3.63, 3.8) is 0 Å². The lowest BCUT2D eigenvalue weighted by Crippen LogP contribution is -2.44. The van der Waals surface area contributed by atoms with Crippen molar-refractivity contribution in [2.24, 2.45) is 11.1 Å². The first-order valence-electron chi connectivity index (χ1n) is 6.13. The summed E-state index contributed by atoms with van der Waals surface area (Å²) in [7, 11) is 0. The molecule has 0 spiro atoms. The highest BCUT2D eigenvalue weighted by Crippen LogP contribution is 2.28. The molecule has 0 amide bonds. The number of nitrogens with zero attached hydrogens (tertiary/aromatic N) is 1. The average molecular weight is 255 g/mol. The third-order valence-corrected chi connectivity index (χ3v) is 4.55. The fourth-order valence-electron chi connectivity index (χ4n) is 2.19. The van der Waals surface area contributed by atoms with Crippen LogP contribution in [0.15, 0.2) is 5.51 Å². The Kier molecular flexibility index (Phi) is 4.50. The lowest BCUT2D eigenvalue weighted by molar-refractivity contribution is 0.0191. The quantitative estimate of drug-likeness (QED) is 0.832. The highest BCUT2D eigenvalue weighted by Gasteiger charge is 2.30. The number of hydrogen-bond donors (Lipinski definition) is 2. The van der Waals surface area contributed by atoms with Gasteiger partial charge in [0.05, 0.1) is 11.2 Å². The van der Waals surface area contributed by atoms with Crippen LogP contribution in [-0.4, -0.2) is 31.3 Å². The van der Waals surface area contributed by atoms with Gasteiger partial charge in [0.25, 0.3) is 0 Å². The zero-order valence-corrected chi connectivity index (χ0v) is 11.2. The normalized spacial score (nSPS) is 19.4. The lowest BCUT2D eigenvalue weighted by atomic mass is 9.80. The number of aromatic nitrogens is 1. The van der Waals surface area contributed by atoms with E-state index in [1.54, 1.807) is 11.3 Å². The molecule has 1 fully saturated rings. The van der Waals surface area contributed by atoms with E-state index in [0.29, 0.717) is 0 Å². The molecule has 4 nitrogen and oxygen atoms in total. The maximum absolute atomic E-state index is 5.92. The van der Waals surface area contributed by atoms with Gasteiger partial charge in [-0.25, -0.2) is 4.98 Å². The van der Waals surface area contributed by atoms with Gasteiger partial charge in [0, 0.05) is 31.2 Å². The standard InChI is InChI=1S/C12H21N3OS/c1-10-11(17-9-15-10)6-14-8-12(7-13)2-4-16-5-3-12/h9,14H,2-8,13H2,1H3. The van der Waals surface area contributed by atoms with Gasteiger partial charge in [-0.05, 0) is 31.7 Å². The Balaban J connectivity index is 1.82. The molecule has 1 aliphatic rings. The van der Waals surface area contributed by atoms with E-state index in [1.807, 2.05) is 5.51 Å². The van der Waals surface area contributed by atoms with Gasteiger partial charge in [-0.15, -0.1) is 11.3 Å². The summed E-state index contributed by atoms with van der Waals surface area (Å²) in [6.45, 7) is 6.37. The monoisotopic (exact) mass is 255 g/mol. The summed E-state index contributed by atoms with van der Waals surface area (Å²) in [5.74, 6) is 0. The fourth-order valence-corrected chi connectivity index (χ4v) is 2.94. The zero-order chi connectivity index (χ0) is 12.1. The summed E-state index contributed by atoms with van der Waals surface area (Å²) in [5, 5.41) is 3.52. The predicted octanol–water partition coefficient (Wildman–Crippen LogP) is 1.30. The van der Waals surface area contributed by atoms with E-state index in [4.69, 9.17) is 10.5 Å². The Morgan fingerprint density at radius 1 is 1.53 bits per heavy atom. The van der Waals surface area contributed by atoms with Crippen LogP contribution in [0.2, 0.25) is 0 Å².